The van der Waals surface area contributed by atoms with E-state index in [-0.39, 0.29) is 15.6 Å². The first kappa shape index (κ1) is 24.8. The number of nitrogen functional groups attached to an aromatic ring is 1. The minimum Gasteiger partial charge on any atom is -0.394 e. The molecule has 170 valence electrons. The Morgan fingerprint density at radius 2 is 1.81 bits per heavy atom. The van der Waals surface area contributed by atoms with Gasteiger partial charge in [-0.2, -0.15) is 26.3 Å². The van der Waals surface area contributed by atoms with Gasteiger partial charge >= 0.3 is 18.4 Å². The number of alkyl halides is 6. The number of anilines is 1. The normalized spacial score (nSPS) is 14.1. The first-order valence-corrected chi connectivity index (χ1v) is 8.86. The number of nitrogens with zero attached hydrogens (tertiary/aromatic N) is 1. The molecule has 0 radical (unpaired) electrons. The van der Waals surface area contributed by atoms with Crippen LogP contribution in [-0.4, -0.2) is 34.5 Å². The number of benzene rings is 1. The first-order chi connectivity index (χ1) is 14.0. The van der Waals surface area contributed by atoms with Crippen LogP contribution in [-0.2, 0) is 6.18 Å². The Morgan fingerprint density at radius 3 is 2.32 bits per heavy atom. The molecule has 1 unspecified atom stereocenters. The molecule has 2 rings (SSSR count). The number of aliphatic hydroxyl groups is 1. The predicted molar refractivity (Wildman–Crippen MR) is 99.8 cm³/mol. The highest BCUT2D eigenvalue weighted by atomic mass is 35.5. The van der Waals surface area contributed by atoms with Gasteiger partial charge in [-0.15, -0.1) is 0 Å². The molecule has 0 spiro atoms. The van der Waals surface area contributed by atoms with Gasteiger partial charge in [0.05, 0.1) is 28.5 Å². The molecule has 0 saturated carbocycles. The van der Waals surface area contributed by atoms with Crippen molar-refractivity contribution in [2.45, 2.75) is 24.9 Å². The molecule has 6 nitrogen and oxygen atoms in total. The van der Waals surface area contributed by atoms with Crippen molar-refractivity contribution < 1.29 is 41.0 Å². The van der Waals surface area contributed by atoms with E-state index >= 15 is 0 Å². The molecular formula is C17H13Cl2F6N3O3. The fourth-order valence-electron chi connectivity index (χ4n) is 2.16. The van der Waals surface area contributed by atoms with Gasteiger partial charge in [-0.1, -0.05) is 23.2 Å². The van der Waals surface area contributed by atoms with Gasteiger partial charge < -0.3 is 20.9 Å². The van der Waals surface area contributed by atoms with Crippen LogP contribution in [0.1, 0.15) is 12.5 Å². The van der Waals surface area contributed by atoms with Crippen LogP contribution in [0, 0.1) is 0 Å². The molecule has 0 aliphatic carbocycles. The van der Waals surface area contributed by atoms with Crippen molar-refractivity contribution in [1.82, 2.24) is 10.3 Å². The van der Waals surface area contributed by atoms with Gasteiger partial charge in [0.2, 0.25) is 5.88 Å². The maximum absolute atomic E-state index is 13.5. The standard InChI is InChI=1S/C17H13Cl2F6N3O3/c1-15(30,17(23,24)25)6-27-14(29)31-13-11(26)5-9(16(20,21)22)12(28-13)8-3-2-7(18)4-10(8)19/h2-5,30H,6,26H2,1H3,(H,27,29). The van der Waals surface area contributed by atoms with Crippen molar-refractivity contribution >= 4 is 35.0 Å². The number of carbonyl (C=O) groups excluding carboxylic acids is 1. The average Bonchev–Trinajstić information content (AvgIpc) is 2.60. The van der Waals surface area contributed by atoms with Crippen LogP contribution in [0.3, 0.4) is 0 Å². The molecule has 1 atom stereocenters. The molecular weight excluding hydrogens is 479 g/mol. The number of hydrogen-bond donors (Lipinski definition) is 3. The van der Waals surface area contributed by atoms with E-state index in [9.17, 15) is 36.2 Å². The zero-order chi connectivity index (χ0) is 23.8. The van der Waals surface area contributed by atoms with Crippen molar-refractivity contribution in [1.29, 1.82) is 0 Å². The summed E-state index contributed by atoms with van der Waals surface area (Å²) in [5.41, 5.74) is -0.811. The van der Waals surface area contributed by atoms with Crippen LogP contribution in [0.25, 0.3) is 11.3 Å². The summed E-state index contributed by atoms with van der Waals surface area (Å²) in [7, 11) is 0. The van der Waals surface area contributed by atoms with Gasteiger partial charge in [0.15, 0.2) is 5.60 Å². The second kappa shape index (κ2) is 8.60. The second-order valence-corrected chi connectivity index (χ2v) is 7.26. The minimum atomic E-state index is -5.07. The van der Waals surface area contributed by atoms with Crippen LogP contribution >= 0.6 is 23.2 Å². The number of nitrogens with one attached hydrogen (secondary N) is 1. The van der Waals surface area contributed by atoms with E-state index in [0.717, 1.165) is 12.1 Å². The van der Waals surface area contributed by atoms with Gasteiger partial charge in [0.25, 0.3) is 0 Å². The smallest absolute Gasteiger partial charge is 0.394 e. The van der Waals surface area contributed by atoms with Crippen molar-refractivity contribution in [2.24, 2.45) is 0 Å². The lowest BCUT2D eigenvalue weighted by Gasteiger charge is -2.26. The topological polar surface area (TPSA) is 97.5 Å². The summed E-state index contributed by atoms with van der Waals surface area (Å²) in [5.74, 6) is -0.821. The van der Waals surface area contributed by atoms with Gasteiger partial charge in [0, 0.05) is 10.6 Å². The van der Waals surface area contributed by atoms with E-state index in [1.807, 2.05) is 0 Å². The van der Waals surface area contributed by atoms with Gasteiger partial charge in [-0.3, -0.25) is 0 Å². The Morgan fingerprint density at radius 1 is 1.19 bits per heavy atom. The zero-order valence-electron chi connectivity index (χ0n) is 15.3. The minimum absolute atomic E-state index is 0.130. The van der Waals surface area contributed by atoms with Crippen LogP contribution in [0.5, 0.6) is 5.88 Å². The predicted octanol–water partition coefficient (Wildman–Crippen LogP) is 5.06. The molecule has 1 amide bonds. The van der Waals surface area contributed by atoms with E-state index in [4.69, 9.17) is 28.9 Å². The van der Waals surface area contributed by atoms with E-state index in [0.29, 0.717) is 13.0 Å². The first-order valence-electron chi connectivity index (χ1n) is 8.11. The van der Waals surface area contributed by atoms with Crippen molar-refractivity contribution in [2.75, 3.05) is 12.3 Å². The van der Waals surface area contributed by atoms with Gasteiger partial charge in [0.1, 0.15) is 0 Å². The number of aromatic nitrogens is 1. The van der Waals surface area contributed by atoms with Gasteiger partial charge in [-0.05, 0) is 31.2 Å². The SMILES string of the molecule is CC(O)(CNC(=O)Oc1nc(-c2ccc(Cl)cc2Cl)c(C(F)(F)F)cc1N)C(F)(F)F. The number of ether oxygens (including phenoxy) is 1. The maximum Gasteiger partial charge on any atom is 0.418 e. The highest BCUT2D eigenvalue weighted by molar-refractivity contribution is 6.36. The third-order valence-electron chi connectivity index (χ3n) is 3.88. The summed E-state index contributed by atoms with van der Waals surface area (Å²) in [6, 6.07) is 3.97. The molecule has 1 aromatic carbocycles. The summed E-state index contributed by atoms with van der Waals surface area (Å²) in [5, 5.41) is 10.9. The zero-order valence-corrected chi connectivity index (χ0v) is 16.8. The van der Waals surface area contributed by atoms with Crippen LogP contribution in [0.15, 0.2) is 24.3 Å². The van der Waals surface area contributed by atoms with E-state index in [1.165, 1.54) is 6.07 Å². The number of carbonyl (C=O) groups is 1. The Kier molecular flexibility index (Phi) is 6.88. The number of amides is 1. The molecule has 0 fully saturated rings. The largest absolute Gasteiger partial charge is 0.418 e. The summed E-state index contributed by atoms with van der Waals surface area (Å²) < 4.78 is 82.9. The number of pyridine rings is 1. The average molecular weight is 492 g/mol. The summed E-state index contributed by atoms with van der Waals surface area (Å²) in [6.07, 6.45) is -11.5. The molecule has 31 heavy (non-hydrogen) atoms. The molecule has 0 saturated heterocycles. The number of hydrogen-bond acceptors (Lipinski definition) is 5. The Labute approximate surface area is 180 Å². The van der Waals surface area contributed by atoms with E-state index < -0.39 is 53.4 Å². The van der Waals surface area contributed by atoms with Crippen molar-refractivity contribution in [3.8, 4) is 17.1 Å². The van der Waals surface area contributed by atoms with E-state index in [1.54, 1.807) is 5.32 Å². The fourth-order valence-corrected chi connectivity index (χ4v) is 2.66. The number of rotatable bonds is 4. The second-order valence-electron chi connectivity index (χ2n) is 6.42. The summed E-state index contributed by atoms with van der Waals surface area (Å²) in [6.45, 7) is -0.898. The lowest BCUT2D eigenvalue weighted by Crippen LogP contribution is -2.51. The third-order valence-corrected chi connectivity index (χ3v) is 4.43. The number of nitrogens with two attached hydrogens (primary N) is 1. The van der Waals surface area contributed by atoms with E-state index in [2.05, 4.69) is 9.72 Å². The summed E-state index contributed by atoms with van der Waals surface area (Å²) in [4.78, 5) is 15.4. The highest BCUT2D eigenvalue weighted by Crippen LogP contribution is 2.42. The molecule has 0 bridgehead atoms. The molecule has 0 aliphatic rings. The fraction of sp³-hybridized carbons (Fsp3) is 0.294. The Balaban J connectivity index is 2.40. The molecule has 0 aliphatic heterocycles. The number of halogens is 8. The molecule has 1 heterocycles. The molecule has 14 heteroatoms. The Hall–Kier alpha value is -2.44. The molecule has 1 aromatic heterocycles. The van der Waals surface area contributed by atoms with Crippen molar-refractivity contribution in [3.05, 3.63) is 39.9 Å². The maximum atomic E-state index is 13.5. The lowest BCUT2D eigenvalue weighted by atomic mass is 10.0. The molecule has 4 N–H and O–H groups in total. The van der Waals surface area contributed by atoms with Gasteiger partial charge in [-0.25, -0.2) is 9.78 Å². The highest BCUT2D eigenvalue weighted by Gasteiger charge is 2.50. The Bertz CT molecular complexity index is 996. The van der Waals surface area contributed by atoms with Crippen LogP contribution in [0.2, 0.25) is 10.0 Å². The van der Waals surface area contributed by atoms with Crippen LogP contribution < -0.4 is 15.8 Å². The quantitative estimate of drug-likeness (QED) is 0.519. The third kappa shape index (κ3) is 5.83. The molecule has 2 aromatic rings. The summed E-state index contributed by atoms with van der Waals surface area (Å²) >= 11 is 11.7. The van der Waals surface area contributed by atoms with Crippen LogP contribution in [0.4, 0.5) is 36.8 Å². The lowest BCUT2D eigenvalue weighted by molar-refractivity contribution is -0.249. The monoisotopic (exact) mass is 491 g/mol. The van der Waals surface area contributed by atoms with Crippen molar-refractivity contribution in [3.63, 3.8) is 0 Å².